The lowest BCUT2D eigenvalue weighted by Gasteiger charge is -2.04. The van der Waals surface area contributed by atoms with Gasteiger partial charge in [-0.15, -0.1) is 17.3 Å². The summed E-state index contributed by atoms with van der Waals surface area (Å²) in [5, 5.41) is 9.50. The summed E-state index contributed by atoms with van der Waals surface area (Å²) in [5.41, 5.74) is 3.00. The van der Waals surface area contributed by atoms with Gasteiger partial charge in [0.15, 0.2) is 5.13 Å². The quantitative estimate of drug-likeness (QED) is 0.417. The fraction of sp³-hybridized carbons (Fsp3) is 0.167. The summed E-state index contributed by atoms with van der Waals surface area (Å²) < 4.78 is 16.1. The lowest BCUT2D eigenvalue weighted by atomic mass is 10.1. The van der Waals surface area contributed by atoms with Gasteiger partial charge in [-0.3, -0.25) is 19.8 Å². The van der Waals surface area contributed by atoms with E-state index in [1.165, 1.54) is 17.4 Å². The zero-order valence-corrected chi connectivity index (χ0v) is 18.6. The Bertz CT molecular complexity index is 1330. The first kappa shape index (κ1) is 21.4. The van der Waals surface area contributed by atoms with Crippen molar-refractivity contribution in [1.29, 1.82) is 0 Å². The number of aromatic nitrogens is 4. The maximum atomic E-state index is 14.4. The number of nitrogens with one attached hydrogen (secondary N) is 1. The number of hydrogen-bond acceptors (Lipinski definition) is 5. The summed E-state index contributed by atoms with van der Waals surface area (Å²) in [4.78, 5) is 21.9. The van der Waals surface area contributed by atoms with Gasteiger partial charge >= 0.3 is 0 Å². The standard InChI is InChI=1S/C24H20FN5OS/c1-4-7-16-10-11-20(26-12-16)21-14-32-24(27-21)28-23(31)18-13-30(15(2)3)29-22(18)17-8-5-6-9-19(17)25/h5-6,8-15H,1-3H3,(H,27,28,31). The van der Waals surface area contributed by atoms with E-state index >= 15 is 0 Å². The minimum Gasteiger partial charge on any atom is -0.298 e. The van der Waals surface area contributed by atoms with Gasteiger partial charge in [0.1, 0.15) is 17.2 Å². The first-order valence-electron chi connectivity index (χ1n) is 9.96. The van der Waals surface area contributed by atoms with E-state index in [4.69, 9.17) is 0 Å². The van der Waals surface area contributed by atoms with Gasteiger partial charge in [-0.1, -0.05) is 18.1 Å². The largest absolute Gasteiger partial charge is 0.298 e. The summed E-state index contributed by atoms with van der Waals surface area (Å²) in [7, 11) is 0. The molecule has 0 atom stereocenters. The van der Waals surface area contributed by atoms with Crippen LogP contribution in [0, 0.1) is 17.7 Å². The van der Waals surface area contributed by atoms with Crippen molar-refractivity contribution < 1.29 is 9.18 Å². The van der Waals surface area contributed by atoms with Gasteiger partial charge in [0, 0.05) is 34.9 Å². The third-order valence-electron chi connectivity index (χ3n) is 4.65. The molecule has 1 amide bonds. The topological polar surface area (TPSA) is 72.7 Å². The van der Waals surface area contributed by atoms with Crippen molar-refractivity contribution in [3.63, 3.8) is 0 Å². The SMILES string of the molecule is CC#Cc1ccc(-c2csc(NC(=O)c3cn(C(C)C)nc3-c3ccccc3F)n2)nc1. The Morgan fingerprint density at radius 2 is 2.00 bits per heavy atom. The van der Waals surface area contributed by atoms with Crippen LogP contribution in [-0.2, 0) is 0 Å². The fourth-order valence-corrected chi connectivity index (χ4v) is 3.75. The first-order valence-corrected chi connectivity index (χ1v) is 10.8. The molecule has 0 fully saturated rings. The summed E-state index contributed by atoms with van der Waals surface area (Å²) >= 11 is 1.29. The van der Waals surface area contributed by atoms with Crippen LogP contribution in [0.4, 0.5) is 9.52 Å². The molecule has 0 aliphatic carbocycles. The van der Waals surface area contributed by atoms with E-state index in [1.807, 2.05) is 31.4 Å². The highest BCUT2D eigenvalue weighted by molar-refractivity contribution is 7.14. The third kappa shape index (κ3) is 4.43. The van der Waals surface area contributed by atoms with E-state index in [2.05, 4.69) is 32.2 Å². The van der Waals surface area contributed by atoms with E-state index in [0.29, 0.717) is 22.2 Å². The van der Waals surface area contributed by atoms with Crippen LogP contribution in [0.3, 0.4) is 0 Å². The van der Waals surface area contributed by atoms with Crippen LogP contribution in [0.2, 0.25) is 0 Å². The first-order chi connectivity index (χ1) is 15.5. The number of pyridine rings is 1. The number of thiazole rings is 1. The van der Waals surface area contributed by atoms with E-state index in [1.54, 1.807) is 42.2 Å². The molecule has 32 heavy (non-hydrogen) atoms. The highest BCUT2D eigenvalue weighted by Crippen LogP contribution is 2.28. The zero-order chi connectivity index (χ0) is 22.7. The minimum absolute atomic E-state index is 0.0139. The van der Waals surface area contributed by atoms with Crippen molar-refractivity contribution in [2.24, 2.45) is 0 Å². The van der Waals surface area contributed by atoms with Gasteiger partial charge < -0.3 is 0 Å². The lowest BCUT2D eigenvalue weighted by molar-refractivity contribution is 0.102. The number of carbonyl (C=O) groups excluding carboxylic acids is 1. The summed E-state index contributed by atoms with van der Waals surface area (Å²) in [5.74, 6) is 4.94. The molecule has 4 aromatic rings. The molecule has 1 aromatic carbocycles. The molecule has 0 spiro atoms. The van der Waals surface area contributed by atoms with E-state index in [0.717, 1.165) is 5.56 Å². The molecule has 3 aromatic heterocycles. The van der Waals surface area contributed by atoms with Crippen molar-refractivity contribution >= 4 is 22.4 Å². The maximum Gasteiger partial charge on any atom is 0.261 e. The molecule has 1 N–H and O–H groups in total. The van der Waals surface area contributed by atoms with Crippen molar-refractivity contribution in [3.8, 4) is 34.5 Å². The Kier molecular flexibility index (Phi) is 6.10. The molecule has 0 radical (unpaired) electrons. The predicted molar refractivity (Wildman–Crippen MR) is 124 cm³/mol. The number of amides is 1. The maximum absolute atomic E-state index is 14.4. The summed E-state index contributed by atoms with van der Waals surface area (Å²) in [6, 6.07) is 10.00. The van der Waals surface area contributed by atoms with Crippen molar-refractivity contribution in [2.75, 3.05) is 5.32 Å². The normalized spacial score (nSPS) is 10.7. The molecule has 3 heterocycles. The Labute approximate surface area is 189 Å². The Morgan fingerprint density at radius 1 is 1.19 bits per heavy atom. The Balaban J connectivity index is 1.61. The molecular weight excluding hydrogens is 425 g/mol. The van der Waals surface area contributed by atoms with Crippen LogP contribution in [-0.4, -0.2) is 25.7 Å². The van der Waals surface area contributed by atoms with E-state index in [-0.39, 0.29) is 17.2 Å². The number of hydrogen-bond donors (Lipinski definition) is 1. The van der Waals surface area contributed by atoms with Crippen molar-refractivity contribution in [2.45, 2.75) is 26.8 Å². The summed E-state index contributed by atoms with van der Waals surface area (Å²) in [6.45, 7) is 5.65. The van der Waals surface area contributed by atoms with Gasteiger partial charge in [0.05, 0.1) is 11.3 Å². The van der Waals surface area contributed by atoms with Gasteiger partial charge in [-0.25, -0.2) is 9.37 Å². The molecule has 0 bridgehead atoms. The number of rotatable bonds is 5. The molecule has 0 aliphatic rings. The number of carbonyl (C=O) groups is 1. The third-order valence-corrected chi connectivity index (χ3v) is 5.41. The second-order valence-electron chi connectivity index (χ2n) is 7.24. The smallest absolute Gasteiger partial charge is 0.261 e. The second-order valence-corrected chi connectivity index (χ2v) is 8.10. The van der Waals surface area contributed by atoms with E-state index in [9.17, 15) is 9.18 Å². The zero-order valence-electron chi connectivity index (χ0n) is 17.8. The van der Waals surface area contributed by atoms with Gasteiger partial charge in [-0.05, 0) is 45.0 Å². The van der Waals surface area contributed by atoms with Crippen LogP contribution >= 0.6 is 11.3 Å². The monoisotopic (exact) mass is 445 g/mol. The molecule has 4 rings (SSSR count). The number of anilines is 1. The molecule has 0 saturated carbocycles. The van der Waals surface area contributed by atoms with Crippen LogP contribution in [0.1, 0.15) is 42.7 Å². The lowest BCUT2D eigenvalue weighted by Crippen LogP contribution is -2.12. The molecule has 0 unspecified atom stereocenters. The average molecular weight is 446 g/mol. The van der Waals surface area contributed by atoms with Crippen LogP contribution in [0.25, 0.3) is 22.6 Å². The number of halogens is 1. The highest BCUT2D eigenvalue weighted by Gasteiger charge is 2.22. The Morgan fingerprint density at radius 3 is 2.69 bits per heavy atom. The van der Waals surface area contributed by atoms with Crippen molar-refractivity contribution in [3.05, 3.63) is 71.1 Å². The van der Waals surface area contributed by atoms with E-state index < -0.39 is 11.7 Å². The molecular formula is C24H20FN5OS. The van der Waals surface area contributed by atoms with Gasteiger partial charge in [-0.2, -0.15) is 5.10 Å². The average Bonchev–Trinajstić information content (AvgIpc) is 3.42. The molecule has 8 heteroatoms. The highest BCUT2D eigenvalue weighted by atomic mass is 32.1. The fourth-order valence-electron chi connectivity index (χ4n) is 3.05. The summed E-state index contributed by atoms with van der Waals surface area (Å²) in [6.07, 6.45) is 3.32. The molecule has 0 saturated heterocycles. The number of benzene rings is 1. The van der Waals surface area contributed by atoms with Crippen LogP contribution in [0.5, 0.6) is 0 Å². The molecule has 160 valence electrons. The Hall–Kier alpha value is -3.83. The van der Waals surface area contributed by atoms with Crippen molar-refractivity contribution in [1.82, 2.24) is 19.7 Å². The van der Waals surface area contributed by atoms with Gasteiger partial charge in [0.2, 0.25) is 0 Å². The molecule has 0 aliphatic heterocycles. The molecule has 6 nitrogen and oxygen atoms in total. The van der Waals surface area contributed by atoms with Crippen LogP contribution in [0.15, 0.2) is 54.2 Å². The minimum atomic E-state index is -0.436. The second kappa shape index (κ2) is 9.12. The number of nitrogens with zero attached hydrogens (tertiary/aromatic N) is 4. The van der Waals surface area contributed by atoms with Gasteiger partial charge in [0.25, 0.3) is 5.91 Å². The predicted octanol–water partition coefficient (Wildman–Crippen LogP) is 5.41. The van der Waals surface area contributed by atoms with Crippen LogP contribution < -0.4 is 5.32 Å².